The van der Waals surface area contributed by atoms with Gasteiger partial charge in [-0.1, -0.05) is 48.5 Å². The van der Waals surface area contributed by atoms with Crippen LogP contribution in [0.2, 0.25) is 0 Å². The van der Waals surface area contributed by atoms with E-state index in [2.05, 4.69) is 0 Å². The number of carbonyl (C=O) groups excluding carboxylic acids is 2. The number of carbonyl (C=O) groups is 2. The third kappa shape index (κ3) is 5.56. The van der Waals surface area contributed by atoms with E-state index >= 15 is 0 Å². The largest absolute Gasteiger partial charge is 0.497 e. The van der Waals surface area contributed by atoms with Crippen LogP contribution in [0.5, 0.6) is 5.75 Å². The van der Waals surface area contributed by atoms with Gasteiger partial charge in [0, 0.05) is 12.7 Å². The van der Waals surface area contributed by atoms with Crippen molar-refractivity contribution in [3.63, 3.8) is 0 Å². The summed E-state index contributed by atoms with van der Waals surface area (Å²) in [6, 6.07) is 24.3. The lowest BCUT2D eigenvalue weighted by Gasteiger charge is -2.47. The summed E-state index contributed by atoms with van der Waals surface area (Å²) in [6.07, 6.45) is -5.42. The van der Waals surface area contributed by atoms with Crippen LogP contribution in [0.1, 0.15) is 32.6 Å². The highest BCUT2D eigenvalue weighted by molar-refractivity contribution is 5.90. The Kier molecular flexibility index (Phi) is 8.00. The summed E-state index contributed by atoms with van der Waals surface area (Å²) in [7, 11) is 3.01. The van der Waals surface area contributed by atoms with Gasteiger partial charge in [-0.05, 0) is 36.4 Å². The fourth-order valence-electron chi connectivity index (χ4n) is 4.46. The minimum Gasteiger partial charge on any atom is -0.497 e. The van der Waals surface area contributed by atoms with E-state index in [9.17, 15) is 9.59 Å². The zero-order chi connectivity index (χ0) is 26.5. The smallest absolute Gasteiger partial charge is 0.338 e. The molecule has 198 valence electrons. The van der Waals surface area contributed by atoms with E-state index in [4.69, 9.17) is 33.2 Å². The molecular weight excluding hydrogens is 492 g/mol. The van der Waals surface area contributed by atoms with E-state index in [0.717, 1.165) is 5.56 Å². The van der Waals surface area contributed by atoms with Gasteiger partial charge in [0.25, 0.3) is 0 Å². The highest BCUT2D eigenvalue weighted by Crippen LogP contribution is 2.37. The summed E-state index contributed by atoms with van der Waals surface area (Å²) in [4.78, 5) is 26.2. The molecule has 0 aliphatic carbocycles. The third-order valence-electron chi connectivity index (χ3n) is 6.41. The summed E-state index contributed by atoms with van der Waals surface area (Å²) in [6.45, 7) is 0.139. The molecule has 2 saturated heterocycles. The van der Waals surface area contributed by atoms with E-state index in [1.807, 2.05) is 12.1 Å². The second kappa shape index (κ2) is 11.7. The first-order chi connectivity index (χ1) is 18.6. The maximum absolute atomic E-state index is 13.2. The molecule has 6 atom stereocenters. The van der Waals surface area contributed by atoms with E-state index in [1.54, 1.807) is 79.9 Å². The molecule has 3 aromatic rings. The van der Waals surface area contributed by atoms with Crippen LogP contribution >= 0.6 is 0 Å². The van der Waals surface area contributed by atoms with Crippen molar-refractivity contribution < 1.29 is 42.7 Å². The Hall–Kier alpha value is -3.76. The fraction of sp³-hybridized carbons (Fsp3) is 0.310. The maximum Gasteiger partial charge on any atom is 0.338 e. The molecule has 0 spiro atoms. The summed E-state index contributed by atoms with van der Waals surface area (Å²) in [5.41, 5.74) is 1.42. The molecule has 0 saturated carbocycles. The molecule has 0 aromatic heterocycles. The van der Waals surface area contributed by atoms with Crippen molar-refractivity contribution >= 4 is 11.9 Å². The lowest BCUT2D eigenvalue weighted by Crippen LogP contribution is -2.64. The summed E-state index contributed by atoms with van der Waals surface area (Å²) < 4.78 is 40.9. The van der Waals surface area contributed by atoms with Crippen LogP contribution in [-0.4, -0.2) is 63.5 Å². The number of esters is 2. The molecule has 9 nitrogen and oxygen atoms in total. The van der Waals surface area contributed by atoms with Crippen LogP contribution in [0.4, 0.5) is 0 Å². The molecule has 1 unspecified atom stereocenters. The van der Waals surface area contributed by atoms with Crippen molar-refractivity contribution in [3.8, 4) is 5.75 Å². The number of methoxy groups -OCH3 is 2. The Bertz CT molecular complexity index is 1220. The van der Waals surface area contributed by atoms with Crippen molar-refractivity contribution in [1.82, 2.24) is 0 Å². The SMILES string of the molecule is COc1ccc(C2OC[C@H]3O[C@@H](OC)[C@H](OC(=O)c4ccccc4)[C@@H](OC(=O)c4ccccc4)[C@@H]3O2)cc1. The Balaban J connectivity index is 1.45. The summed E-state index contributed by atoms with van der Waals surface area (Å²) >= 11 is 0. The average molecular weight is 521 g/mol. The van der Waals surface area contributed by atoms with E-state index in [-0.39, 0.29) is 6.61 Å². The quantitative estimate of drug-likeness (QED) is 0.429. The monoisotopic (exact) mass is 520 g/mol. The number of hydrogen-bond acceptors (Lipinski definition) is 9. The van der Waals surface area contributed by atoms with E-state index < -0.39 is 48.9 Å². The van der Waals surface area contributed by atoms with E-state index in [0.29, 0.717) is 16.9 Å². The van der Waals surface area contributed by atoms with Gasteiger partial charge in [-0.2, -0.15) is 0 Å². The summed E-state index contributed by atoms with van der Waals surface area (Å²) in [5, 5.41) is 0. The van der Waals surface area contributed by atoms with Gasteiger partial charge in [0.2, 0.25) is 0 Å². The first-order valence-electron chi connectivity index (χ1n) is 12.2. The van der Waals surface area contributed by atoms with Crippen molar-refractivity contribution in [3.05, 3.63) is 102 Å². The highest BCUT2D eigenvalue weighted by Gasteiger charge is 2.54. The Labute approximate surface area is 220 Å². The minimum atomic E-state index is -1.11. The maximum atomic E-state index is 13.2. The lowest BCUT2D eigenvalue weighted by atomic mass is 9.97. The molecule has 2 fully saturated rings. The first-order valence-corrected chi connectivity index (χ1v) is 12.2. The van der Waals surface area contributed by atoms with E-state index in [1.165, 1.54) is 7.11 Å². The molecule has 0 amide bonds. The van der Waals surface area contributed by atoms with Gasteiger partial charge in [-0.25, -0.2) is 9.59 Å². The molecule has 2 aliphatic rings. The molecule has 38 heavy (non-hydrogen) atoms. The normalized spacial score (nSPS) is 26.6. The molecule has 5 rings (SSSR count). The van der Waals surface area contributed by atoms with Crippen LogP contribution in [0.25, 0.3) is 0 Å². The van der Waals surface area contributed by atoms with Gasteiger partial charge in [0.1, 0.15) is 18.0 Å². The zero-order valence-electron chi connectivity index (χ0n) is 20.9. The van der Waals surface area contributed by atoms with Crippen LogP contribution < -0.4 is 4.74 Å². The average Bonchev–Trinajstić information content (AvgIpc) is 2.98. The highest BCUT2D eigenvalue weighted by atomic mass is 16.8. The molecule has 0 bridgehead atoms. The lowest BCUT2D eigenvalue weighted by molar-refractivity contribution is -0.356. The van der Waals surface area contributed by atoms with Crippen molar-refractivity contribution in [2.24, 2.45) is 0 Å². The Morgan fingerprint density at radius 2 is 1.32 bits per heavy atom. The van der Waals surface area contributed by atoms with Crippen LogP contribution in [0.15, 0.2) is 84.9 Å². The van der Waals surface area contributed by atoms with Gasteiger partial charge in [0.05, 0.1) is 24.8 Å². The Morgan fingerprint density at radius 3 is 1.87 bits per heavy atom. The van der Waals surface area contributed by atoms with Crippen LogP contribution in [0.3, 0.4) is 0 Å². The topological polar surface area (TPSA) is 98.8 Å². The number of benzene rings is 3. The molecular formula is C29H28O9. The van der Waals surface area contributed by atoms with Gasteiger partial charge in [-0.15, -0.1) is 0 Å². The summed E-state index contributed by atoms with van der Waals surface area (Å²) in [5.74, 6) is -0.517. The molecule has 0 N–H and O–H groups in total. The predicted octanol–water partition coefficient (Wildman–Crippen LogP) is 3.93. The second-order valence-electron chi connectivity index (χ2n) is 8.79. The third-order valence-corrected chi connectivity index (χ3v) is 6.41. The molecule has 3 aromatic carbocycles. The fourth-order valence-corrected chi connectivity index (χ4v) is 4.46. The number of rotatable bonds is 7. The molecule has 0 radical (unpaired) electrons. The van der Waals surface area contributed by atoms with Gasteiger partial charge < -0.3 is 33.2 Å². The molecule has 2 aliphatic heterocycles. The standard InChI is InChI=1S/C29H28O9/c1-32-21-15-13-20(14-16-21)28-34-17-22-23(38-28)24(36-26(30)18-9-5-3-6-10-18)25(29(33-2)35-22)37-27(31)19-11-7-4-8-12-19/h3-16,22-25,28-29H,17H2,1-2H3/t22-,23-,24+,25-,28?,29-/m1/s1. The first kappa shape index (κ1) is 25.9. The predicted molar refractivity (Wildman–Crippen MR) is 134 cm³/mol. The number of ether oxygens (including phenoxy) is 7. The van der Waals surface area contributed by atoms with Crippen LogP contribution in [-0.2, 0) is 28.4 Å². The zero-order valence-corrected chi connectivity index (χ0v) is 20.9. The minimum absolute atomic E-state index is 0.139. The molecule has 9 heteroatoms. The van der Waals surface area contributed by atoms with Gasteiger partial charge in [-0.3, -0.25) is 0 Å². The van der Waals surface area contributed by atoms with Crippen molar-refractivity contribution in [1.29, 1.82) is 0 Å². The number of hydrogen-bond donors (Lipinski definition) is 0. The molecule has 2 heterocycles. The van der Waals surface area contributed by atoms with Crippen LogP contribution in [0, 0.1) is 0 Å². The number of fused-ring (bicyclic) bond motifs is 1. The second-order valence-corrected chi connectivity index (χ2v) is 8.79. The Morgan fingerprint density at radius 1 is 0.737 bits per heavy atom. The van der Waals surface area contributed by atoms with Gasteiger partial charge in [0.15, 0.2) is 24.8 Å². The van der Waals surface area contributed by atoms with Gasteiger partial charge >= 0.3 is 11.9 Å². The van der Waals surface area contributed by atoms with Crippen molar-refractivity contribution in [2.45, 2.75) is 37.0 Å². The van der Waals surface area contributed by atoms with Crippen molar-refractivity contribution in [2.75, 3.05) is 20.8 Å².